The van der Waals surface area contributed by atoms with Crippen molar-refractivity contribution in [2.45, 2.75) is 13.5 Å². The second kappa shape index (κ2) is 7.09. The van der Waals surface area contributed by atoms with Crippen molar-refractivity contribution < 1.29 is 9.53 Å². The predicted octanol–water partition coefficient (Wildman–Crippen LogP) is 2.57. The Morgan fingerprint density at radius 2 is 1.95 bits per heavy atom. The molecule has 2 rings (SSSR count). The summed E-state index contributed by atoms with van der Waals surface area (Å²) in [5.41, 5.74) is 1.35. The lowest BCUT2D eigenvalue weighted by atomic mass is 10.2. The highest BCUT2D eigenvalue weighted by Crippen LogP contribution is 2.15. The minimum absolute atomic E-state index is 0.184. The number of ether oxygens (including phenoxy) is 1. The van der Waals surface area contributed by atoms with Gasteiger partial charge in [0.1, 0.15) is 0 Å². The number of halogens is 1. The van der Waals surface area contributed by atoms with Crippen LogP contribution in [0.3, 0.4) is 0 Å². The molecule has 0 radical (unpaired) electrons. The van der Waals surface area contributed by atoms with Crippen LogP contribution in [0, 0.1) is 3.57 Å². The van der Waals surface area contributed by atoms with E-state index in [1.54, 1.807) is 4.90 Å². The number of piperazine rings is 1. The van der Waals surface area contributed by atoms with E-state index in [-0.39, 0.29) is 6.09 Å². The van der Waals surface area contributed by atoms with Gasteiger partial charge in [-0.1, -0.05) is 18.2 Å². The Labute approximate surface area is 127 Å². The Hall–Kier alpha value is -0.820. The molecule has 0 aliphatic carbocycles. The van der Waals surface area contributed by atoms with E-state index in [2.05, 4.69) is 51.8 Å². The average Bonchev–Trinajstić information content (AvgIpc) is 2.42. The van der Waals surface area contributed by atoms with Crippen LogP contribution in [-0.2, 0) is 11.3 Å². The van der Waals surface area contributed by atoms with Gasteiger partial charge >= 0.3 is 6.09 Å². The molecule has 0 unspecified atom stereocenters. The van der Waals surface area contributed by atoms with Crippen LogP contribution in [0.4, 0.5) is 4.79 Å². The molecule has 0 bridgehead atoms. The maximum absolute atomic E-state index is 11.6. The molecule has 1 aromatic carbocycles. The Balaban J connectivity index is 1.84. The number of hydrogen-bond acceptors (Lipinski definition) is 3. The van der Waals surface area contributed by atoms with Gasteiger partial charge in [0.25, 0.3) is 0 Å². The van der Waals surface area contributed by atoms with Crippen LogP contribution in [0.2, 0.25) is 0 Å². The fourth-order valence-electron chi connectivity index (χ4n) is 2.17. The molecule has 1 heterocycles. The number of carbonyl (C=O) groups is 1. The van der Waals surface area contributed by atoms with Gasteiger partial charge in [0, 0.05) is 36.3 Å². The fraction of sp³-hybridized carbons (Fsp3) is 0.500. The van der Waals surface area contributed by atoms with Crippen LogP contribution < -0.4 is 0 Å². The zero-order valence-electron chi connectivity index (χ0n) is 11.1. The first-order valence-electron chi connectivity index (χ1n) is 6.58. The SMILES string of the molecule is CCOC(=O)N1CCN(Cc2ccccc2I)CC1. The number of hydrogen-bond donors (Lipinski definition) is 0. The van der Waals surface area contributed by atoms with Gasteiger partial charge < -0.3 is 9.64 Å². The quantitative estimate of drug-likeness (QED) is 0.763. The molecule has 4 nitrogen and oxygen atoms in total. The van der Waals surface area contributed by atoms with Gasteiger partial charge in [-0.3, -0.25) is 4.90 Å². The highest BCUT2D eigenvalue weighted by Gasteiger charge is 2.21. The van der Waals surface area contributed by atoms with Crippen LogP contribution >= 0.6 is 22.6 Å². The van der Waals surface area contributed by atoms with Crippen molar-refractivity contribution in [1.29, 1.82) is 0 Å². The topological polar surface area (TPSA) is 32.8 Å². The van der Waals surface area contributed by atoms with Crippen molar-refractivity contribution in [3.63, 3.8) is 0 Å². The maximum Gasteiger partial charge on any atom is 0.409 e. The molecule has 0 atom stereocenters. The van der Waals surface area contributed by atoms with Gasteiger partial charge in [0.05, 0.1) is 6.61 Å². The van der Waals surface area contributed by atoms with Crippen LogP contribution in [0.5, 0.6) is 0 Å². The lowest BCUT2D eigenvalue weighted by Crippen LogP contribution is -2.48. The Kier molecular flexibility index (Phi) is 5.45. The summed E-state index contributed by atoms with van der Waals surface area (Å²) in [7, 11) is 0. The van der Waals surface area contributed by atoms with Gasteiger partial charge in [-0.25, -0.2) is 4.79 Å². The van der Waals surface area contributed by atoms with E-state index in [1.165, 1.54) is 9.13 Å². The number of amides is 1. The third-order valence-corrected chi connectivity index (χ3v) is 4.30. The maximum atomic E-state index is 11.6. The van der Waals surface area contributed by atoms with E-state index in [4.69, 9.17) is 4.74 Å². The number of rotatable bonds is 3. The summed E-state index contributed by atoms with van der Waals surface area (Å²) < 4.78 is 6.32. The van der Waals surface area contributed by atoms with E-state index < -0.39 is 0 Å². The summed E-state index contributed by atoms with van der Waals surface area (Å²) >= 11 is 2.37. The first-order chi connectivity index (χ1) is 9.20. The van der Waals surface area contributed by atoms with Gasteiger partial charge in [-0.2, -0.15) is 0 Å². The van der Waals surface area contributed by atoms with Gasteiger partial charge in [-0.15, -0.1) is 0 Å². The molecule has 1 amide bonds. The molecule has 1 fully saturated rings. The summed E-state index contributed by atoms with van der Waals surface area (Å²) in [4.78, 5) is 15.8. The lowest BCUT2D eigenvalue weighted by Gasteiger charge is -2.34. The summed E-state index contributed by atoms with van der Waals surface area (Å²) in [6.07, 6.45) is -0.184. The van der Waals surface area contributed by atoms with Gasteiger partial charge in [0.15, 0.2) is 0 Å². The summed E-state index contributed by atoms with van der Waals surface area (Å²) in [6, 6.07) is 8.43. The van der Waals surface area contributed by atoms with E-state index >= 15 is 0 Å². The van der Waals surface area contributed by atoms with Crippen LogP contribution in [0.1, 0.15) is 12.5 Å². The van der Waals surface area contributed by atoms with Crippen LogP contribution in [0.25, 0.3) is 0 Å². The summed E-state index contributed by atoms with van der Waals surface area (Å²) in [6.45, 7) is 6.56. The number of carbonyl (C=O) groups excluding carboxylic acids is 1. The zero-order chi connectivity index (χ0) is 13.7. The van der Waals surface area contributed by atoms with Crippen molar-refractivity contribution in [3.8, 4) is 0 Å². The Bertz CT molecular complexity index is 431. The predicted molar refractivity (Wildman–Crippen MR) is 83.0 cm³/mol. The van der Waals surface area contributed by atoms with E-state index in [0.29, 0.717) is 6.61 Å². The number of benzene rings is 1. The van der Waals surface area contributed by atoms with Crippen molar-refractivity contribution in [2.75, 3.05) is 32.8 Å². The molecule has 0 aromatic heterocycles. The van der Waals surface area contributed by atoms with Crippen molar-refractivity contribution >= 4 is 28.7 Å². The molecular formula is C14H19IN2O2. The largest absolute Gasteiger partial charge is 0.450 e. The summed E-state index contributed by atoms with van der Waals surface area (Å²) in [5.74, 6) is 0. The average molecular weight is 374 g/mol. The molecule has 1 aliphatic heterocycles. The molecular weight excluding hydrogens is 355 g/mol. The molecule has 5 heteroatoms. The molecule has 0 N–H and O–H groups in total. The molecule has 1 aromatic rings. The fourth-order valence-corrected chi connectivity index (χ4v) is 2.73. The smallest absolute Gasteiger partial charge is 0.409 e. The Morgan fingerprint density at radius 3 is 2.58 bits per heavy atom. The minimum atomic E-state index is -0.184. The van der Waals surface area contributed by atoms with Gasteiger partial charge in [-0.05, 0) is 41.1 Å². The molecule has 1 aliphatic rings. The highest BCUT2D eigenvalue weighted by molar-refractivity contribution is 14.1. The van der Waals surface area contributed by atoms with E-state index in [0.717, 1.165) is 32.7 Å². The molecule has 0 saturated carbocycles. The first-order valence-corrected chi connectivity index (χ1v) is 7.66. The Morgan fingerprint density at radius 1 is 1.26 bits per heavy atom. The minimum Gasteiger partial charge on any atom is -0.450 e. The second-order valence-corrected chi connectivity index (χ2v) is 5.72. The molecule has 1 saturated heterocycles. The molecule has 0 spiro atoms. The van der Waals surface area contributed by atoms with Crippen LogP contribution in [0.15, 0.2) is 24.3 Å². The third kappa shape index (κ3) is 4.07. The lowest BCUT2D eigenvalue weighted by molar-refractivity contribution is 0.0778. The van der Waals surface area contributed by atoms with Crippen LogP contribution in [-0.4, -0.2) is 48.7 Å². The zero-order valence-corrected chi connectivity index (χ0v) is 13.3. The first kappa shape index (κ1) is 14.6. The summed E-state index contributed by atoms with van der Waals surface area (Å²) in [5, 5.41) is 0. The van der Waals surface area contributed by atoms with Crippen molar-refractivity contribution in [3.05, 3.63) is 33.4 Å². The molecule has 19 heavy (non-hydrogen) atoms. The third-order valence-electron chi connectivity index (χ3n) is 3.25. The van der Waals surface area contributed by atoms with Gasteiger partial charge in [0.2, 0.25) is 0 Å². The second-order valence-electron chi connectivity index (χ2n) is 4.55. The van der Waals surface area contributed by atoms with E-state index in [1.807, 2.05) is 6.92 Å². The standard InChI is InChI=1S/C14H19IN2O2/c1-2-19-14(18)17-9-7-16(8-10-17)11-12-5-3-4-6-13(12)15/h3-6H,2,7-11H2,1H3. The van der Waals surface area contributed by atoms with Crippen molar-refractivity contribution in [2.24, 2.45) is 0 Å². The monoisotopic (exact) mass is 374 g/mol. The molecule has 104 valence electrons. The normalized spacial score (nSPS) is 16.4. The highest BCUT2D eigenvalue weighted by atomic mass is 127. The van der Waals surface area contributed by atoms with E-state index in [9.17, 15) is 4.79 Å². The van der Waals surface area contributed by atoms with Crippen molar-refractivity contribution in [1.82, 2.24) is 9.80 Å². The number of nitrogens with zero attached hydrogens (tertiary/aromatic N) is 2.